The summed E-state index contributed by atoms with van der Waals surface area (Å²) < 4.78 is 1.64. The van der Waals surface area contributed by atoms with Crippen LogP contribution in [0.15, 0.2) is 48.5 Å². The van der Waals surface area contributed by atoms with Crippen molar-refractivity contribution in [1.29, 1.82) is 0 Å². The van der Waals surface area contributed by atoms with Crippen LogP contribution in [-0.2, 0) is 6.54 Å². The van der Waals surface area contributed by atoms with Gasteiger partial charge in [-0.15, -0.1) is 5.10 Å². The maximum absolute atomic E-state index is 12.2. The van der Waals surface area contributed by atoms with E-state index in [1.54, 1.807) is 4.68 Å². The van der Waals surface area contributed by atoms with Crippen LogP contribution in [0, 0.1) is 6.92 Å². The predicted octanol–water partition coefficient (Wildman–Crippen LogP) is 2.62. The molecule has 94 valence electrons. The number of hydrogen-bond donors (Lipinski definition) is 0. The summed E-state index contributed by atoms with van der Waals surface area (Å²) in [5.74, 6) is 0.0411. The third-order valence-corrected chi connectivity index (χ3v) is 3.05. The van der Waals surface area contributed by atoms with E-state index in [1.165, 1.54) is 0 Å². The molecule has 3 rings (SSSR count). The largest absolute Gasteiger partial charge is 0.292 e. The first kappa shape index (κ1) is 11.6. The Balaban J connectivity index is 1.91. The van der Waals surface area contributed by atoms with Gasteiger partial charge in [-0.2, -0.15) is 0 Å². The van der Waals surface area contributed by atoms with Gasteiger partial charge in [0.1, 0.15) is 12.1 Å². The Hall–Kier alpha value is -2.49. The van der Waals surface area contributed by atoms with E-state index in [9.17, 15) is 4.79 Å². The number of para-hydroxylation sites is 1. The smallest absolute Gasteiger partial charge is 0.184 e. The second kappa shape index (κ2) is 4.65. The number of nitrogens with zero attached hydrogens (tertiary/aromatic N) is 3. The van der Waals surface area contributed by atoms with Crippen LogP contribution in [0.3, 0.4) is 0 Å². The summed E-state index contributed by atoms with van der Waals surface area (Å²) in [7, 11) is 0. The van der Waals surface area contributed by atoms with E-state index in [2.05, 4.69) is 10.3 Å². The Labute approximate surface area is 110 Å². The lowest BCUT2D eigenvalue weighted by molar-refractivity contribution is 0.0968. The molecule has 0 saturated heterocycles. The maximum atomic E-state index is 12.2. The molecule has 0 atom stereocenters. The average Bonchev–Trinajstić information content (AvgIpc) is 2.82. The Bertz CT molecular complexity index is 746. The molecule has 0 amide bonds. The minimum Gasteiger partial charge on any atom is -0.292 e. The first-order valence-corrected chi connectivity index (χ1v) is 6.12. The standard InChI is InChI=1S/C15H13N3O/c1-11-5-4-6-12(9-11)15(19)10-18-14-8-3-2-7-13(14)16-17-18/h2-9H,10H2,1H3. The first-order chi connectivity index (χ1) is 9.24. The highest BCUT2D eigenvalue weighted by atomic mass is 16.1. The van der Waals surface area contributed by atoms with E-state index in [0.717, 1.165) is 16.6 Å². The lowest BCUT2D eigenvalue weighted by atomic mass is 10.1. The highest BCUT2D eigenvalue weighted by Gasteiger charge is 2.10. The number of carbonyl (C=O) groups is 1. The Morgan fingerprint density at radius 2 is 2.00 bits per heavy atom. The van der Waals surface area contributed by atoms with E-state index >= 15 is 0 Å². The molecule has 0 aliphatic heterocycles. The summed E-state index contributed by atoms with van der Waals surface area (Å²) in [5.41, 5.74) is 3.47. The fourth-order valence-electron chi connectivity index (χ4n) is 2.08. The molecule has 1 aromatic heterocycles. The molecule has 3 aromatic rings. The van der Waals surface area contributed by atoms with Crippen LogP contribution in [0.4, 0.5) is 0 Å². The number of carbonyl (C=O) groups excluding carboxylic acids is 1. The summed E-state index contributed by atoms with van der Waals surface area (Å²) >= 11 is 0. The molecule has 0 aliphatic rings. The Kier molecular flexibility index (Phi) is 2.83. The maximum Gasteiger partial charge on any atom is 0.184 e. The highest BCUT2D eigenvalue weighted by Crippen LogP contribution is 2.11. The van der Waals surface area contributed by atoms with E-state index in [-0.39, 0.29) is 12.3 Å². The van der Waals surface area contributed by atoms with Crippen LogP contribution in [0.25, 0.3) is 11.0 Å². The quantitative estimate of drug-likeness (QED) is 0.672. The molecule has 19 heavy (non-hydrogen) atoms. The molecular weight excluding hydrogens is 238 g/mol. The number of Topliss-reactive ketones (excluding diaryl/α,β-unsaturated/α-hetero) is 1. The number of aromatic nitrogens is 3. The van der Waals surface area contributed by atoms with E-state index in [4.69, 9.17) is 0 Å². The molecule has 0 N–H and O–H groups in total. The van der Waals surface area contributed by atoms with Crippen molar-refractivity contribution in [3.05, 3.63) is 59.7 Å². The molecule has 0 saturated carbocycles. The Morgan fingerprint density at radius 1 is 1.16 bits per heavy atom. The average molecular weight is 251 g/mol. The van der Waals surface area contributed by atoms with Gasteiger partial charge in [-0.25, -0.2) is 4.68 Å². The minimum atomic E-state index is 0.0411. The van der Waals surface area contributed by atoms with Crippen LogP contribution in [0.1, 0.15) is 15.9 Å². The third kappa shape index (κ3) is 2.25. The number of hydrogen-bond acceptors (Lipinski definition) is 3. The van der Waals surface area contributed by atoms with Crippen molar-refractivity contribution in [2.75, 3.05) is 0 Å². The van der Waals surface area contributed by atoms with Crippen LogP contribution in [-0.4, -0.2) is 20.8 Å². The van der Waals surface area contributed by atoms with Gasteiger partial charge >= 0.3 is 0 Å². The van der Waals surface area contributed by atoms with Gasteiger partial charge in [-0.1, -0.05) is 41.1 Å². The SMILES string of the molecule is Cc1cccc(C(=O)Cn2nnc3ccccc32)c1. The summed E-state index contributed by atoms with van der Waals surface area (Å²) in [6.45, 7) is 2.19. The lowest BCUT2D eigenvalue weighted by Crippen LogP contribution is -2.11. The van der Waals surface area contributed by atoms with E-state index in [0.29, 0.717) is 5.56 Å². The van der Waals surface area contributed by atoms with Crippen molar-refractivity contribution in [3.63, 3.8) is 0 Å². The monoisotopic (exact) mass is 251 g/mol. The van der Waals surface area contributed by atoms with Crippen molar-refractivity contribution >= 4 is 16.8 Å². The molecule has 2 aromatic carbocycles. The summed E-state index contributed by atoms with van der Waals surface area (Å²) in [6, 6.07) is 15.2. The molecule has 0 aliphatic carbocycles. The van der Waals surface area contributed by atoms with Gasteiger partial charge in [-0.3, -0.25) is 4.79 Å². The molecule has 0 spiro atoms. The fraction of sp³-hybridized carbons (Fsp3) is 0.133. The van der Waals surface area contributed by atoms with Crippen molar-refractivity contribution in [3.8, 4) is 0 Å². The zero-order chi connectivity index (χ0) is 13.2. The van der Waals surface area contributed by atoms with E-state index < -0.39 is 0 Å². The van der Waals surface area contributed by atoms with Crippen molar-refractivity contribution in [1.82, 2.24) is 15.0 Å². The van der Waals surface area contributed by atoms with Gasteiger partial charge in [0, 0.05) is 5.56 Å². The molecule has 0 radical (unpaired) electrons. The van der Waals surface area contributed by atoms with Gasteiger partial charge in [0.25, 0.3) is 0 Å². The molecular formula is C15H13N3O. The van der Waals surface area contributed by atoms with Crippen molar-refractivity contribution < 1.29 is 4.79 Å². The van der Waals surface area contributed by atoms with Crippen LogP contribution >= 0.6 is 0 Å². The highest BCUT2D eigenvalue weighted by molar-refractivity contribution is 5.96. The molecule has 4 heteroatoms. The number of fused-ring (bicyclic) bond motifs is 1. The molecule has 0 fully saturated rings. The minimum absolute atomic E-state index is 0.0411. The van der Waals surface area contributed by atoms with Crippen LogP contribution in [0.5, 0.6) is 0 Å². The van der Waals surface area contributed by atoms with Gasteiger partial charge in [0.15, 0.2) is 5.78 Å². The van der Waals surface area contributed by atoms with Crippen LogP contribution < -0.4 is 0 Å². The zero-order valence-electron chi connectivity index (χ0n) is 10.6. The van der Waals surface area contributed by atoms with Gasteiger partial charge in [0.05, 0.1) is 5.52 Å². The third-order valence-electron chi connectivity index (χ3n) is 3.05. The molecule has 0 bridgehead atoms. The number of aryl methyl sites for hydroxylation is 1. The van der Waals surface area contributed by atoms with Gasteiger partial charge in [-0.05, 0) is 25.1 Å². The van der Waals surface area contributed by atoms with Crippen molar-refractivity contribution in [2.45, 2.75) is 13.5 Å². The topological polar surface area (TPSA) is 47.8 Å². The molecule has 1 heterocycles. The number of rotatable bonds is 3. The van der Waals surface area contributed by atoms with Gasteiger partial charge in [0.2, 0.25) is 0 Å². The Morgan fingerprint density at radius 3 is 2.84 bits per heavy atom. The van der Waals surface area contributed by atoms with Crippen molar-refractivity contribution in [2.24, 2.45) is 0 Å². The fourth-order valence-corrected chi connectivity index (χ4v) is 2.08. The van der Waals surface area contributed by atoms with Crippen LogP contribution in [0.2, 0.25) is 0 Å². The van der Waals surface area contributed by atoms with E-state index in [1.807, 2.05) is 55.5 Å². The summed E-state index contributed by atoms with van der Waals surface area (Å²) in [4.78, 5) is 12.2. The second-order valence-corrected chi connectivity index (χ2v) is 4.53. The number of benzene rings is 2. The molecule has 0 unspecified atom stereocenters. The lowest BCUT2D eigenvalue weighted by Gasteiger charge is -2.03. The normalized spacial score (nSPS) is 10.8. The zero-order valence-corrected chi connectivity index (χ0v) is 10.6. The molecule has 4 nitrogen and oxygen atoms in total. The number of ketones is 1. The second-order valence-electron chi connectivity index (χ2n) is 4.53. The first-order valence-electron chi connectivity index (χ1n) is 6.12. The summed E-state index contributed by atoms with van der Waals surface area (Å²) in [6.07, 6.45) is 0. The predicted molar refractivity (Wildman–Crippen MR) is 73.0 cm³/mol. The van der Waals surface area contributed by atoms with Gasteiger partial charge < -0.3 is 0 Å². The summed E-state index contributed by atoms with van der Waals surface area (Å²) in [5, 5.41) is 8.07.